The van der Waals surface area contributed by atoms with E-state index in [1.165, 1.54) is 44.5 Å². The van der Waals surface area contributed by atoms with Crippen molar-refractivity contribution < 1.29 is 0 Å². The van der Waals surface area contributed by atoms with Crippen LogP contribution >= 0.6 is 0 Å². The van der Waals surface area contributed by atoms with Gasteiger partial charge in [-0.1, -0.05) is 78.9 Å². The third-order valence-electron chi connectivity index (χ3n) is 8.05. The molecule has 1 N–H and O–H groups in total. The van der Waals surface area contributed by atoms with Crippen molar-refractivity contribution in [3.63, 3.8) is 0 Å². The molecule has 1 fully saturated rings. The molecule has 0 atom stereocenters. The van der Waals surface area contributed by atoms with Gasteiger partial charge < -0.3 is 14.8 Å². The molecule has 196 valence electrons. The van der Waals surface area contributed by atoms with Crippen LogP contribution in [-0.2, 0) is 0 Å². The zero-order valence-electron chi connectivity index (χ0n) is 22.7. The smallest absolute Gasteiger partial charge is 0.138 e. The van der Waals surface area contributed by atoms with Gasteiger partial charge in [-0.2, -0.15) is 0 Å². The van der Waals surface area contributed by atoms with Gasteiger partial charge in [-0.05, 0) is 76.8 Å². The first-order chi connectivity index (χ1) is 19.7. The van der Waals surface area contributed by atoms with Crippen molar-refractivity contribution in [2.45, 2.75) is 0 Å². The summed E-state index contributed by atoms with van der Waals surface area (Å²) in [4.78, 5) is 13.2. The lowest BCUT2D eigenvalue weighted by atomic mass is 9.93. The second-order valence-corrected chi connectivity index (χ2v) is 10.6. The number of anilines is 1. The van der Waals surface area contributed by atoms with E-state index >= 15 is 0 Å². The first-order valence-electron chi connectivity index (χ1n) is 14.0. The molecule has 0 amide bonds. The Morgan fingerprint density at radius 2 is 1.45 bits per heavy atom. The van der Waals surface area contributed by atoms with Gasteiger partial charge in [0.2, 0.25) is 0 Å². The summed E-state index contributed by atoms with van der Waals surface area (Å²) >= 11 is 0. The van der Waals surface area contributed by atoms with E-state index in [-0.39, 0.29) is 0 Å². The Kier molecular flexibility index (Phi) is 6.39. The zero-order chi connectivity index (χ0) is 26.9. The van der Waals surface area contributed by atoms with Crippen LogP contribution in [-0.4, -0.2) is 48.1 Å². The Bertz CT molecular complexity index is 1790. The number of H-pyrrole nitrogens is 1. The predicted molar refractivity (Wildman–Crippen MR) is 169 cm³/mol. The maximum absolute atomic E-state index is 4.74. The second kappa shape index (κ2) is 10.5. The highest BCUT2D eigenvalue weighted by Gasteiger charge is 2.17. The number of nitrogens with zero attached hydrogens (tertiary/aromatic N) is 3. The van der Waals surface area contributed by atoms with E-state index in [0.717, 1.165) is 42.7 Å². The Hall–Kier alpha value is -4.67. The standard InChI is InChI=1S/C36H32N4/c1-39-20-22-40(23-21-39)30-15-12-27(13-16-30)29-14-17-34-33(25-29)35-31(18-19-37-36(35)38-34)32(28-10-6-3-7-11-28)24-26-8-4-2-5-9-26/h2-19,24-25H,20-23H2,1H3,(H,37,38)/b32-24+. The van der Waals surface area contributed by atoms with Crippen LogP contribution in [0.2, 0.25) is 0 Å². The fourth-order valence-electron chi connectivity index (χ4n) is 5.80. The topological polar surface area (TPSA) is 35.2 Å². The molecule has 7 rings (SSSR count). The molecule has 0 spiro atoms. The van der Waals surface area contributed by atoms with Crippen LogP contribution in [0.3, 0.4) is 0 Å². The highest BCUT2D eigenvalue weighted by atomic mass is 15.2. The van der Waals surface area contributed by atoms with Crippen molar-refractivity contribution in [1.82, 2.24) is 14.9 Å². The monoisotopic (exact) mass is 520 g/mol. The van der Waals surface area contributed by atoms with Gasteiger partial charge in [0.05, 0.1) is 0 Å². The number of pyridine rings is 1. The molecule has 1 aliphatic heterocycles. The van der Waals surface area contributed by atoms with Gasteiger partial charge in [-0.15, -0.1) is 0 Å². The predicted octanol–water partition coefficient (Wildman–Crippen LogP) is 7.72. The fourth-order valence-corrected chi connectivity index (χ4v) is 5.80. The van der Waals surface area contributed by atoms with Gasteiger partial charge in [-0.3, -0.25) is 0 Å². The van der Waals surface area contributed by atoms with Gasteiger partial charge in [0, 0.05) is 54.4 Å². The summed E-state index contributed by atoms with van der Waals surface area (Å²) in [6.45, 7) is 4.37. The lowest BCUT2D eigenvalue weighted by Gasteiger charge is -2.34. The third kappa shape index (κ3) is 4.67. The number of likely N-dealkylation sites (N-methyl/N-ethyl adjacent to an activating group) is 1. The summed E-state index contributed by atoms with van der Waals surface area (Å²) in [5.74, 6) is 0. The van der Waals surface area contributed by atoms with Crippen LogP contribution < -0.4 is 4.90 Å². The summed E-state index contributed by atoms with van der Waals surface area (Å²) < 4.78 is 0. The number of piperazine rings is 1. The van der Waals surface area contributed by atoms with E-state index in [9.17, 15) is 0 Å². The lowest BCUT2D eigenvalue weighted by molar-refractivity contribution is 0.313. The van der Waals surface area contributed by atoms with Crippen molar-refractivity contribution in [1.29, 1.82) is 0 Å². The summed E-state index contributed by atoms with van der Waals surface area (Å²) in [6, 6.07) is 39.1. The summed E-state index contributed by atoms with van der Waals surface area (Å²) in [5, 5.41) is 2.34. The molecule has 2 aromatic heterocycles. The van der Waals surface area contributed by atoms with E-state index in [1.54, 1.807) is 0 Å². The van der Waals surface area contributed by atoms with Gasteiger partial charge in [0.1, 0.15) is 5.65 Å². The fraction of sp³-hybridized carbons (Fsp3) is 0.139. The largest absolute Gasteiger partial charge is 0.369 e. The molecule has 4 heteroatoms. The summed E-state index contributed by atoms with van der Waals surface area (Å²) in [7, 11) is 2.20. The number of fused-ring (bicyclic) bond motifs is 3. The molecule has 0 bridgehead atoms. The molecule has 40 heavy (non-hydrogen) atoms. The minimum absolute atomic E-state index is 0.907. The summed E-state index contributed by atoms with van der Waals surface area (Å²) in [5.41, 5.74) is 10.5. The van der Waals surface area contributed by atoms with Crippen LogP contribution in [0, 0.1) is 0 Å². The van der Waals surface area contributed by atoms with Crippen LogP contribution in [0.5, 0.6) is 0 Å². The summed E-state index contributed by atoms with van der Waals surface area (Å²) in [6.07, 6.45) is 4.19. The molecule has 4 aromatic carbocycles. The van der Waals surface area contributed by atoms with Gasteiger partial charge in [-0.25, -0.2) is 4.98 Å². The Balaban J connectivity index is 1.34. The van der Waals surface area contributed by atoms with Crippen molar-refractivity contribution in [2.75, 3.05) is 38.1 Å². The molecule has 0 saturated carbocycles. The maximum atomic E-state index is 4.74. The number of rotatable bonds is 5. The molecule has 6 aromatic rings. The molecule has 3 heterocycles. The van der Waals surface area contributed by atoms with Gasteiger partial charge >= 0.3 is 0 Å². The molecule has 0 unspecified atom stereocenters. The lowest BCUT2D eigenvalue weighted by Crippen LogP contribution is -2.44. The minimum Gasteiger partial charge on any atom is -0.369 e. The molecular formula is C36H32N4. The number of hydrogen-bond acceptors (Lipinski definition) is 3. The van der Waals surface area contributed by atoms with E-state index in [4.69, 9.17) is 4.98 Å². The number of aromatic amines is 1. The Morgan fingerprint density at radius 1 is 0.750 bits per heavy atom. The van der Waals surface area contributed by atoms with Crippen LogP contribution in [0.1, 0.15) is 16.7 Å². The highest BCUT2D eigenvalue weighted by Crippen LogP contribution is 2.37. The number of benzene rings is 4. The highest BCUT2D eigenvalue weighted by molar-refractivity contribution is 6.14. The Labute approximate surface area is 235 Å². The minimum atomic E-state index is 0.907. The van der Waals surface area contributed by atoms with Gasteiger partial charge in [0.25, 0.3) is 0 Å². The quantitative estimate of drug-likeness (QED) is 0.236. The normalized spacial score (nSPS) is 14.7. The Morgan fingerprint density at radius 3 is 2.20 bits per heavy atom. The number of aromatic nitrogens is 2. The van der Waals surface area contributed by atoms with E-state index in [1.807, 2.05) is 6.20 Å². The van der Waals surface area contributed by atoms with Gasteiger partial charge in [0.15, 0.2) is 0 Å². The molecule has 1 aliphatic rings. The zero-order valence-corrected chi connectivity index (χ0v) is 22.7. The van der Waals surface area contributed by atoms with E-state index in [0.29, 0.717) is 0 Å². The molecule has 4 nitrogen and oxygen atoms in total. The van der Waals surface area contributed by atoms with Crippen molar-refractivity contribution >= 4 is 39.3 Å². The van der Waals surface area contributed by atoms with Crippen LogP contribution in [0.15, 0.2) is 115 Å². The van der Waals surface area contributed by atoms with Crippen LogP contribution in [0.4, 0.5) is 5.69 Å². The average molecular weight is 521 g/mol. The molecule has 1 saturated heterocycles. The van der Waals surface area contributed by atoms with E-state index in [2.05, 4.69) is 137 Å². The average Bonchev–Trinajstić information content (AvgIpc) is 3.40. The number of hydrogen-bond donors (Lipinski definition) is 1. The first kappa shape index (κ1) is 24.4. The van der Waals surface area contributed by atoms with E-state index < -0.39 is 0 Å². The van der Waals surface area contributed by atoms with Crippen molar-refractivity contribution in [2.24, 2.45) is 0 Å². The second-order valence-electron chi connectivity index (χ2n) is 10.6. The van der Waals surface area contributed by atoms with Crippen molar-refractivity contribution in [3.8, 4) is 11.1 Å². The molecule has 0 aliphatic carbocycles. The SMILES string of the molecule is CN1CCN(c2ccc(-c3ccc4[nH]c5nccc(/C(=C/c6ccccc6)c6ccccc6)c5c4c3)cc2)CC1. The molecule has 0 radical (unpaired) electrons. The maximum Gasteiger partial charge on any atom is 0.138 e. The number of nitrogens with one attached hydrogen (secondary N) is 1. The molecular weight excluding hydrogens is 488 g/mol. The third-order valence-corrected chi connectivity index (χ3v) is 8.05. The first-order valence-corrected chi connectivity index (χ1v) is 14.0. The van der Waals surface area contributed by atoms with Crippen LogP contribution in [0.25, 0.3) is 44.7 Å². The van der Waals surface area contributed by atoms with Crippen molar-refractivity contribution in [3.05, 3.63) is 132 Å².